The summed E-state index contributed by atoms with van der Waals surface area (Å²) in [6.45, 7) is 3.12. The number of nitrogens with one attached hydrogen (secondary N) is 1. The predicted octanol–water partition coefficient (Wildman–Crippen LogP) is 3.34. The third kappa shape index (κ3) is 2.83. The molecule has 26 heavy (non-hydrogen) atoms. The highest BCUT2D eigenvalue weighted by Gasteiger charge is 2.23. The number of benzene rings is 1. The van der Waals surface area contributed by atoms with Crippen molar-refractivity contribution in [3.63, 3.8) is 0 Å². The van der Waals surface area contributed by atoms with Gasteiger partial charge in [0.25, 0.3) is 0 Å². The van der Waals surface area contributed by atoms with E-state index in [-0.39, 0.29) is 5.91 Å². The maximum atomic E-state index is 11.3. The van der Waals surface area contributed by atoms with E-state index in [0.29, 0.717) is 12.4 Å². The van der Waals surface area contributed by atoms with Crippen LogP contribution in [-0.2, 0) is 24.2 Å². The number of pyridine rings is 1. The van der Waals surface area contributed by atoms with Gasteiger partial charge < -0.3 is 14.6 Å². The van der Waals surface area contributed by atoms with E-state index in [0.717, 1.165) is 36.8 Å². The van der Waals surface area contributed by atoms with Gasteiger partial charge in [0, 0.05) is 37.2 Å². The van der Waals surface area contributed by atoms with Crippen LogP contribution in [0.1, 0.15) is 24.5 Å². The monoisotopic (exact) mass is 349 g/mol. The molecule has 0 spiro atoms. The number of carbonyl (C=O) groups is 1. The minimum absolute atomic E-state index is 0.00876. The quantitative estimate of drug-likeness (QED) is 0.786. The van der Waals surface area contributed by atoms with Crippen molar-refractivity contribution in [2.75, 3.05) is 13.7 Å². The molecule has 2 aromatic heterocycles. The molecule has 0 fully saturated rings. The molecule has 5 heteroatoms. The van der Waals surface area contributed by atoms with E-state index in [1.165, 1.54) is 22.4 Å². The Hall–Kier alpha value is -2.82. The number of aromatic nitrogens is 2. The lowest BCUT2D eigenvalue weighted by Crippen LogP contribution is -2.22. The average molecular weight is 349 g/mol. The van der Waals surface area contributed by atoms with Gasteiger partial charge in [-0.3, -0.25) is 4.79 Å². The first-order chi connectivity index (χ1) is 12.7. The zero-order valence-corrected chi connectivity index (χ0v) is 15.2. The molecule has 1 amide bonds. The molecule has 0 saturated carbocycles. The zero-order chi connectivity index (χ0) is 18.1. The highest BCUT2D eigenvalue weighted by Crippen LogP contribution is 2.38. The van der Waals surface area contributed by atoms with Crippen molar-refractivity contribution >= 4 is 16.9 Å². The summed E-state index contributed by atoms with van der Waals surface area (Å²) in [5, 5.41) is 2.92. The number of aryl methyl sites for hydroxylation is 2. The predicted molar refractivity (Wildman–Crippen MR) is 102 cm³/mol. The summed E-state index contributed by atoms with van der Waals surface area (Å²) in [6, 6.07) is 12.6. The summed E-state index contributed by atoms with van der Waals surface area (Å²) in [5.74, 6) is 0.609. The van der Waals surface area contributed by atoms with Crippen LogP contribution in [0.25, 0.3) is 22.3 Å². The van der Waals surface area contributed by atoms with E-state index in [9.17, 15) is 4.79 Å². The fraction of sp³-hybridized carbons (Fsp3) is 0.333. The number of hydrogen-bond donors (Lipinski definition) is 1. The molecule has 134 valence electrons. The summed E-state index contributed by atoms with van der Waals surface area (Å²) in [4.78, 5) is 16.1. The molecule has 1 aliphatic heterocycles. The lowest BCUT2D eigenvalue weighted by atomic mass is 9.98. The Bertz CT molecular complexity index is 975. The Morgan fingerprint density at radius 2 is 2.12 bits per heavy atom. The number of amides is 1. The maximum absolute atomic E-state index is 11.3. The molecule has 1 aliphatic rings. The Balaban J connectivity index is 1.94. The summed E-state index contributed by atoms with van der Waals surface area (Å²) in [5.41, 5.74) is 7.18. The van der Waals surface area contributed by atoms with Crippen molar-refractivity contribution in [2.45, 2.75) is 32.7 Å². The molecule has 1 N–H and O–H groups in total. The van der Waals surface area contributed by atoms with Crippen LogP contribution in [0, 0.1) is 0 Å². The van der Waals surface area contributed by atoms with Crippen LogP contribution >= 0.6 is 0 Å². The van der Waals surface area contributed by atoms with E-state index in [1.807, 2.05) is 6.07 Å². The third-order valence-electron chi connectivity index (χ3n) is 5.04. The number of fused-ring (bicyclic) bond motifs is 5. The molecule has 4 rings (SSSR count). The molecule has 0 saturated heterocycles. The topological polar surface area (TPSA) is 56.1 Å². The van der Waals surface area contributed by atoms with E-state index in [2.05, 4.69) is 40.2 Å². The lowest BCUT2D eigenvalue weighted by molar-refractivity contribution is -0.118. The van der Waals surface area contributed by atoms with Crippen LogP contribution < -0.4 is 10.1 Å². The van der Waals surface area contributed by atoms with Crippen molar-refractivity contribution in [1.29, 1.82) is 0 Å². The number of rotatable bonds is 4. The van der Waals surface area contributed by atoms with Gasteiger partial charge in [-0.1, -0.05) is 24.3 Å². The van der Waals surface area contributed by atoms with Gasteiger partial charge in [-0.25, -0.2) is 4.98 Å². The highest BCUT2D eigenvalue weighted by molar-refractivity contribution is 5.90. The minimum atomic E-state index is -0.00876. The zero-order valence-electron chi connectivity index (χ0n) is 15.2. The fourth-order valence-electron chi connectivity index (χ4n) is 3.92. The van der Waals surface area contributed by atoms with Gasteiger partial charge >= 0.3 is 0 Å². The van der Waals surface area contributed by atoms with Crippen molar-refractivity contribution in [2.24, 2.45) is 0 Å². The largest absolute Gasteiger partial charge is 0.481 e. The number of nitrogens with zero attached hydrogens (tertiary/aromatic N) is 2. The second kappa shape index (κ2) is 6.83. The maximum Gasteiger partial charge on any atom is 0.216 e. The van der Waals surface area contributed by atoms with Gasteiger partial charge in [0.2, 0.25) is 11.8 Å². The second-order valence-corrected chi connectivity index (χ2v) is 6.69. The molecule has 0 aliphatic carbocycles. The molecule has 1 aromatic carbocycles. The van der Waals surface area contributed by atoms with Crippen LogP contribution in [-0.4, -0.2) is 29.1 Å². The molecule has 3 heterocycles. The molecular formula is C21H23N3O2. The number of hydrogen-bond acceptors (Lipinski definition) is 3. The summed E-state index contributed by atoms with van der Waals surface area (Å²) >= 11 is 0. The second-order valence-electron chi connectivity index (χ2n) is 6.69. The van der Waals surface area contributed by atoms with E-state index in [1.54, 1.807) is 14.0 Å². The fourth-order valence-corrected chi connectivity index (χ4v) is 3.92. The standard InChI is InChI=1S/C21H23N3O2/c1-14(25)22-12-11-17-20-18(9-10-19(23-20)26-2)24-13-5-7-15-6-3-4-8-16(15)21(17)24/h3-4,6,8-10H,5,7,11-13H2,1-2H3,(H,22,25). The molecule has 0 bridgehead atoms. The number of carbonyl (C=O) groups excluding carboxylic acids is 1. The molecule has 5 nitrogen and oxygen atoms in total. The van der Waals surface area contributed by atoms with E-state index in [4.69, 9.17) is 9.72 Å². The summed E-state index contributed by atoms with van der Waals surface area (Å²) < 4.78 is 7.74. The number of methoxy groups -OCH3 is 1. The van der Waals surface area contributed by atoms with Gasteiger partial charge in [0.15, 0.2) is 0 Å². The molecule has 0 unspecified atom stereocenters. The Kier molecular flexibility index (Phi) is 4.37. The van der Waals surface area contributed by atoms with Crippen molar-refractivity contribution in [1.82, 2.24) is 14.9 Å². The summed E-state index contributed by atoms with van der Waals surface area (Å²) in [6.07, 6.45) is 2.92. The van der Waals surface area contributed by atoms with Gasteiger partial charge in [0.1, 0.15) is 0 Å². The SMILES string of the molecule is COc1ccc2c(n1)c(CCNC(C)=O)c1n2CCCc2ccccc2-1. The molecule has 0 atom stereocenters. The Labute approximate surface area is 153 Å². The number of ether oxygens (including phenoxy) is 1. The Morgan fingerprint density at radius 1 is 1.27 bits per heavy atom. The first-order valence-corrected chi connectivity index (χ1v) is 9.08. The minimum Gasteiger partial charge on any atom is -0.481 e. The average Bonchev–Trinajstić information content (AvgIpc) is 2.82. The van der Waals surface area contributed by atoms with E-state index < -0.39 is 0 Å². The molecule has 3 aromatic rings. The first kappa shape index (κ1) is 16.6. The van der Waals surface area contributed by atoms with Gasteiger partial charge in [-0.15, -0.1) is 0 Å². The first-order valence-electron chi connectivity index (χ1n) is 9.08. The summed E-state index contributed by atoms with van der Waals surface area (Å²) in [7, 11) is 1.64. The normalized spacial score (nSPS) is 13.0. The lowest BCUT2D eigenvalue weighted by Gasteiger charge is -2.11. The van der Waals surface area contributed by atoms with E-state index >= 15 is 0 Å². The molecule has 0 radical (unpaired) electrons. The van der Waals surface area contributed by atoms with Crippen LogP contribution in [0.2, 0.25) is 0 Å². The van der Waals surface area contributed by atoms with Crippen LogP contribution in [0.3, 0.4) is 0 Å². The van der Waals surface area contributed by atoms with Crippen molar-refractivity contribution in [3.05, 3.63) is 47.5 Å². The molecular weight excluding hydrogens is 326 g/mol. The van der Waals surface area contributed by atoms with Crippen molar-refractivity contribution in [3.8, 4) is 17.1 Å². The Morgan fingerprint density at radius 3 is 2.92 bits per heavy atom. The van der Waals surface area contributed by atoms with Crippen LogP contribution in [0.15, 0.2) is 36.4 Å². The smallest absolute Gasteiger partial charge is 0.216 e. The van der Waals surface area contributed by atoms with Gasteiger partial charge in [-0.05, 0) is 30.9 Å². The van der Waals surface area contributed by atoms with Crippen LogP contribution in [0.5, 0.6) is 5.88 Å². The van der Waals surface area contributed by atoms with Crippen molar-refractivity contribution < 1.29 is 9.53 Å². The highest BCUT2D eigenvalue weighted by atomic mass is 16.5. The van der Waals surface area contributed by atoms with Gasteiger partial charge in [0.05, 0.1) is 23.8 Å². The van der Waals surface area contributed by atoms with Gasteiger partial charge in [-0.2, -0.15) is 0 Å². The third-order valence-corrected chi connectivity index (χ3v) is 5.04. The van der Waals surface area contributed by atoms with Crippen LogP contribution in [0.4, 0.5) is 0 Å².